The molecule has 1 aromatic heterocycles. The van der Waals surface area contributed by atoms with E-state index >= 15 is 0 Å². The predicted molar refractivity (Wildman–Crippen MR) is 50.4 cm³/mol. The van der Waals surface area contributed by atoms with E-state index in [0.29, 0.717) is 0 Å². The molecule has 6 heteroatoms. The van der Waals surface area contributed by atoms with Crippen molar-refractivity contribution in [1.29, 1.82) is 0 Å². The van der Waals surface area contributed by atoms with E-state index in [2.05, 4.69) is 5.10 Å². The molecule has 2 nitrogen and oxygen atoms in total. The van der Waals surface area contributed by atoms with E-state index in [9.17, 15) is 13.2 Å². The molecule has 1 aromatic rings. The van der Waals surface area contributed by atoms with Crippen molar-refractivity contribution < 1.29 is 13.2 Å². The Morgan fingerprint density at radius 1 is 1.54 bits per heavy atom. The van der Waals surface area contributed by atoms with E-state index in [0.717, 1.165) is 9.26 Å². The van der Waals surface area contributed by atoms with Crippen molar-refractivity contribution in [2.75, 3.05) is 0 Å². The Morgan fingerprint density at radius 2 is 2.15 bits per heavy atom. The minimum Gasteiger partial charge on any atom is -0.271 e. The van der Waals surface area contributed by atoms with Gasteiger partial charge in [-0.2, -0.15) is 18.3 Å². The first kappa shape index (κ1) is 10.8. The van der Waals surface area contributed by atoms with Crippen LogP contribution in [0.3, 0.4) is 0 Å². The first-order chi connectivity index (χ1) is 5.88. The lowest BCUT2D eigenvalue weighted by molar-refractivity contribution is -0.137. The summed E-state index contributed by atoms with van der Waals surface area (Å²) < 4.78 is 37.6. The first-order valence-corrected chi connectivity index (χ1v) is 4.72. The summed E-state index contributed by atoms with van der Waals surface area (Å²) in [6.45, 7) is 1.67. The predicted octanol–water partition coefficient (Wildman–Crippen LogP) is 2.75. The standard InChI is InChI=1S/C7H8F3IN2/c1-5-6(11)4-13(12-5)3-2-7(8,9)10/h4H,2-3H2,1H3. The second-order valence-corrected chi connectivity index (χ2v) is 3.85. The van der Waals surface area contributed by atoms with Crippen molar-refractivity contribution in [1.82, 2.24) is 9.78 Å². The molecule has 0 aliphatic heterocycles. The molecule has 1 heterocycles. The topological polar surface area (TPSA) is 17.8 Å². The van der Waals surface area contributed by atoms with Crippen LogP contribution in [0.2, 0.25) is 0 Å². The van der Waals surface area contributed by atoms with Crippen LogP contribution < -0.4 is 0 Å². The van der Waals surface area contributed by atoms with Gasteiger partial charge >= 0.3 is 6.18 Å². The minimum absolute atomic E-state index is 0.104. The van der Waals surface area contributed by atoms with E-state index in [4.69, 9.17) is 0 Å². The first-order valence-electron chi connectivity index (χ1n) is 3.65. The summed E-state index contributed by atoms with van der Waals surface area (Å²) >= 11 is 2.04. The highest BCUT2D eigenvalue weighted by Gasteiger charge is 2.26. The highest BCUT2D eigenvalue weighted by Crippen LogP contribution is 2.20. The van der Waals surface area contributed by atoms with Gasteiger partial charge in [0.2, 0.25) is 0 Å². The van der Waals surface area contributed by atoms with Crippen LogP contribution in [0.25, 0.3) is 0 Å². The average molecular weight is 304 g/mol. The van der Waals surface area contributed by atoms with Gasteiger partial charge in [-0.15, -0.1) is 0 Å². The third-order valence-corrected chi connectivity index (χ3v) is 2.57. The maximum absolute atomic E-state index is 11.8. The van der Waals surface area contributed by atoms with Gasteiger partial charge in [0.15, 0.2) is 0 Å². The zero-order valence-electron chi connectivity index (χ0n) is 6.90. The molecule has 0 bridgehead atoms. The van der Waals surface area contributed by atoms with Gasteiger partial charge in [0.25, 0.3) is 0 Å². The molecule has 0 spiro atoms. The van der Waals surface area contributed by atoms with Crippen LogP contribution in [-0.4, -0.2) is 16.0 Å². The number of hydrogen-bond acceptors (Lipinski definition) is 1. The van der Waals surface area contributed by atoms with Gasteiger partial charge in [-0.1, -0.05) is 0 Å². The van der Waals surface area contributed by atoms with E-state index in [-0.39, 0.29) is 6.54 Å². The molecule has 0 unspecified atom stereocenters. The van der Waals surface area contributed by atoms with E-state index in [1.807, 2.05) is 22.6 Å². The summed E-state index contributed by atoms with van der Waals surface area (Å²) in [4.78, 5) is 0. The third-order valence-electron chi connectivity index (χ3n) is 1.51. The summed E-state index contributed by atoms with van der Waals surface area (Å²) in [5.74, 6) is 0. The summed E-state index contributed by atoms with van der Waals surface area (Å²) in [5.41, 5.74) is 0.766. The molecular weight excluding hydrogens is 296 g/mol. The van der Waals surface area contributed by atoms with Gasteiger partial charge in [-0.25, -0.2) is 0 Å². The second-order valence-electron chi connectivity index (χ2n) is 2.69. The van der Waals surface area contributed by atoms with Gasteiger partial charge in [0.05, 0.1) is 15.7 Å². The summed E-state index contributed by atoms with van der Waals surface area (Å²) in [6, 6.07) is 0. The highest BCUT2D eigenvalue weighted by molar-refractivity contribution is 14.1. The number of aromatic nitrogens is 2. The number of aryl methyl sites for hydroxylation is 2. The quantitative estimate of drug-likeness (QED) is 0.768. The maximum Gasteiger partial charge on any atom is 0.390 e. The number of alkyl halides is 3. The van der Waals surface area contributed by atoms with Crippen molar-refractivity contribution in [2.45, 2.75) is 26.1 Å². The maximum atomic E-state index is 11.8. The van der Waals surface area contributed by atoms with Crippen LogP contribution in [0.4, 0.5) is 13.2 Å². The third kappa shape index (κ3) is 3.53. The normalized spacial score (nSPS) is 12.1. The second kappa shape index (κ2) is 3.85. The molecule has 0 amide bonds. The fraction of sp³-hybridized carbons (Fsp3) is 0.571. The van der Waals surface area contributed by atoms with Gasteiger partial charge in [-0.3, -0.25) is 4.68 Å². The SMILES string of the molecule is Cc1nn(CCC(F)(F)F)cc1I. The Bertz CT molecular complexity index is 273. The molecule has 0 N–H and O–H groups in total. The largest absolute Gasteiger partial charge is 0.390 e. The van der Waals surface area contributed by atoms with Gasteiger partial charge in [-0.05, 0) is 29.5 Å². The Balaban J connectivity index is 2.56. The van der Waals surface area contributed by atoms with Gasteiger partial charge in [0, 0.05) is 12.7 Å². The number of nitrogens with zero attached hydrogens (tertiary/aromatic N) is 2. The number of halogens is 4. The van der Waals surface area contributed by atoms with Crippen LogP contribution in [0.1, 0.15) is 12.1 Å². The lowest BCUT2D eigenvalue weighted by Crippen LogP contribution is -2.12. The van der Waals surface area contributed by atoms with Crippen molar-refractivity contribution in [3.05, 3.63) is 15.5 Å². The van der Waals surface area contributed by atoms with Crippen LogP contribution in [0, 0.1) is 10.5 Å². The van der Waals surface area contributed by atoms with Crippen molar-refractivity contribution >= 4 is 22.6 Å². The zero-order chi connectivity index (χ0) is 10.1. The molecule has 0 saturated heterocycles. The summed E-state index contributed by atoms with van der Waals surface area (Å²) in [5, 5.41) is 3.92. The Kier molecular flexibility index (Phi) is 3.20. The smallest absolute Gasteiger partial charge is 0.271 e. The van der Waals surface area contributed by atoms with Crippen LogP contribution in [0.5, 0.6) is 0 Å². The Hall–Kier alpha value is -0.270. The average Bonchev–Trinajstić information content (AvgIpc) is 2.27. The minimum atomic E-state index is -4.11. The molecule has 0 saturated carbocycles. The Morgan fingerprint density at radius 3 is 2.54 bits per heavy atom. The fourth-order valence-electron chi connectivity index (χ4n) is 0.849. The van der Waals surface area contributed by atoms with Crippen LogP contribution >= 0.6 is 22.6 Å². The monoisotopic (exact) mass is 304 g/mol. The zero-order valence-corrected chi connectivity index (χ0v) is 9.06. The highest BCUT2D eigenvalue weighted by atomic mass is 127. The fourth-order valence-corrected chi connectivity index (χ4v) is 1.28. The molecule has 0 radical (unpaired) electrons. The molecular formula is C7H8F3IN2. The molecule has 13 heavy (non-hydrogen) atoms. The number of rotatable bonds is 2. The molecule has 0 aliphatic rings. The lowest BCUT2D eigenvalue weighted by atomic mass is 10.4. The van der Waals surface area contributed by atoms with Crippen LogP contribution in [0.15, 0.2) is 6.20 Å². The van der Waals surface area contributed by atoms with Gasteiger partial charge in [0.1, 0.15) is 0 Å². The Labute approximate surface area is 87.3 Å². The summed E-state index contributed by atoms with van der Waals surface area (Å²) in [6.07, 6.45) is -3.32. The molecule has 1 rings (SSSR count). The molecule has 0 aromatic carbocycles. The van der Waals surface area contributed by atoms with Gasteiger partial charge < -0.3 is 0 Å². The number of hydrogen-bond donors (Lipinski definition) is 0. The molecule has 0 aliphatic carbocycles. The molecule has 0 fully saturated rings. The van der Waals surface area contributed by atoms with Crippen LogP contribution in [-0.2, 0) is 6.54 Å². The molecule has 74 valence electrons. The van der Waals surface area contributed by atoms with E-state index in [1.54, 1.807) is 13.1 Å². The van der Waals surface area contributed by atoms with Crippen molar-refractivity contribution in [3.8, 4) is 0 Å². The van der Waals surface area contributed by atoms with Crippen molar-refractivity contribution in [2.24, 2.45) is 0 Å². The molecule has 0 atom stereocenters. The lowest BCUT2D eigenvalue weighted by Gasteiger charge is -2.05. The summed E-state index contributed by atoms with van der Waals surface area (Å²) in [7, 11) is 0. The van der Waals surface area contributed by atoms with Crippen molar-refractivity contribution in [3.63, 3.8) is 0 Å². The van der Waals surface area contributed by atoms with E-state index in [1.165, 1.54) is 4.68 Å². The van der Waals surface area contributed by atoms with E-state index < -0.39 is 12.6 Å².